The average Bonchev–Trinajstić information content (AvgIpc) is 2.31. The second-order valence-corrected chi connectivity index (χ2v) is 5.65. The van der Waals surface area contributed by atoms with Gasteiger partial charge in [0.05, 0.1) is 0 Å². The molecule has 0 spiro atoms. The lowest BCUT2D eigenvalue weighted by molar-refractivity contribution is 0.0916. The SMILES string of the molecule is Cc1cc(C(=O)NC(CCO)C(C)C)ccc1Br. The van der Waals surface area contributed by atoms with Crippen LogP contribution in [0.4, 0.5) is 0 Å². The molecular weight excluding hydrogens is 294 g/mol. The highest BCUT2D eigenvalue weighted by molar-refractivity contribution is 9.10. The summed E-state index contributed by atoms with van der Waals surface area (Å²) in [4.78, 5) is 12.1. The quantitative estimate of drug-likeness (QED) is 0.878. The van der Waals surface area contributed by atoms with Gasteiger partial charge in [-0.05, 0) is 43.0 Å². The summed E-state index contributed by atoms with van der Waals surface area (Å²) in [6.45, 7) is 6.11. The Kier molecular flexibility index (Phi) is 5.82. The van der Waals surface area contributed by atoms with E-state index in [0.717, 1.165) is 10.0 Å². The Bertz CT molecular complexity index is 418. The molecule has 0 saturated heterocycles. The van der Waals surface area contributed by atoms with Crippen LogP contribution >= 0.6 is 15.9 Å². The lowest BCUT2D eigenvalue weighted by Gasteiger charge is -2.21. The summed E-state index contributed by atoms with van der Waals surface area (Å²) >= 11 is 3.41. The second kappa shape index (κ2) is 6.90. The molecule has 100 valence electrons. The van der Waals surface area contributed by atoms with Crippen LogP contribution in [0.15, 0.2) is 22.7 Å². The highest BCUT2D eigenvalue weighted by Gasteiger charge is 2.16. The molecule has 0 heterocycles. The lowest BCUT2D eigenvalue weighted by atomic mass is 10.0. The number of benzene rings is 1. The van der Waals surface area contributed by atoms with Gasteiger partial charge in [-0.1, -0.05) is 29.8 Å². The fraction of sp³-hybridized carbons (Fsp3) is 0.500. The minimum absolute atomic E-state index is 0.00597. The van der Waals surface area contributed by atoms with Crippen molar-refractivity contribution < 1.29 is 9.90 Å². The molecule has 1 amide bonds. The number of carbonyl (C=O) groups excluding carboxylic acids is 1. The zero-order valence-electron chi connectivity index (χ0n) is 11.0. The van der Waals surface area contributed by atoms with Crippen LogP contribution in [-0.2, 0) is 0 Å². The van der Waals surface area contributed by atoms with Crippen LogP contribution in [0.5, 0.6) is 0 Å². The largest absolute Gasteiger partial charge is 0.396 e. The molecule has 0 fully saturated rings. The molecule has 0 aliphatic heterocycles. The minimum Gasteiger partial charge on any atom is -0.396 e. The smallest absolute Gasteiger partial charge is 0.251 e. The molecule has 18 heavy (non-hydrogen) atoms. The van der Waals surface area contributed by atoms with Crippen LogP contribution in [-0.4, -0.2) is 23.7 Å². The Hall–Kier alpha value is -0.870. The number of amides is 1. The maximum Gasteiger partial charge on any atom is 0.251 e. The number of nitrogens with one attached hydrogen (secondary N) is 1. The van der Waals surface area contributed by atoms with E-state index < -0.39 is 0 Å². The van der Waals surface area contributed by atoms with Crippen molar-refractivity contribution in [3.63, 3.8) is 0 Å². The average molecular weight is 314 g/mol. The summed E-state index contributed by atoms with van der Waals surface area (Å²) < 4.78 is 0.995. The van der Waals surface area contributed by atoms with Crippen LogP contribution in [0.2, 0.25) is 0 Å². The highest BCUT2D eigenvalue weighted by atomic mass is 79.9. The fourth-order valence-corrected chi connectivity index (χ4v) is 2.00. The van der Waals surface area contributed by atoms with E-state index in [2.05, 4.69) is 21.2 Å². The first-order valence-corrected chi connectivity index (χ1v) is 6.93. The van der Waals surface area contributed by atoms with Gasteiger partial charge in [0.15, 0.2) is 0 Å². The fourth-order valence-electron chi connectivity index (χ4n) is 1.75. The van der Waals surface area contributed by atoms with Crippen LogP contribution < -0.4 is 5.32 Å². The first-order chi connectivity index (χ1) is 8.45. The van der Waals surface area contributed by atoms with Crippen LogP contribution in [0.1, 0.15) is 36.2 Å². The van der Waals surface area contributed by atoms with E-state index in [4.69, 9.17) is 5.11 Å². The molecule has 0 aliphatic carbocycles. The molecule has 3 nitrogen and oxygen atoms in total. The van der Waals surface area contributed by atoms with Gasteiger partial charge in [-0.15, -0.1) is 0 Å². The van der Waals surface area contributed by atoms with Crippen molar-refractivity contribution in [1.82, 2.24) is 5.32 Å². The van der Waals surface area contributed by atoms with Crippen molar-refractivity contribution in [2.45, 2.75) is 33.2 Å². The first-order valence-electron chi connectivity index (χ1n) is 6.13. The Balaban J connectivity index is 2.77. The number of aliphatic hydroxyl groups excluding tert-OH is 1. The molecule has 4 heteroatoms. The van der Waals surface area contributed by atoms with E-state index in [1.807, 2.05) is 32.9 Å². The van der Waals surface area contributed by atoms with E-state index in [0.29, 0.717) is 17.9 Å². The van der Waals surface area contributed by atoms with Crippen molar-refractivity contribution >= 4 is 21.8 Å². The predicted octanol–water partition coefficient (Wildman–Crippen LogP) is 2.89. The zero-order chi connectivity index (χ0) is 13.7. The van der Waals surface area contributed by atoms with Gasteiger partial charge < -0.3 is 10.4 Å². The van der Waals surface area contributed by atoms with E-state index in [1.165, 1.54) is 0 Å². The standard InChI is InChI=1S/C14H20BrNO2/c1-9(2)13(6-7-17)16-14(18)11-4-5-12(15)10(3)8-11/h4-5,8-9,13,17H,6-7H2,1-3H3,(H,16,18). The monoisotopic (exact) mass is 313 g/mol. The van der Waals surface area contributed by atoms with E-state index in [-0.39, 0.29) is 18.6 Å². The lowest BCUT2D eigenvalue weighted by Crippen LogP contribution is -2.39. The molecule has 1 rings (SSSR count). The number of aliphatic hydroxyl groups is 1. The van der Waals surface area contributed by atoms with E-state index in [9.17, 15) is 4.79 Å². The molecule has 0 radical (unpaired) electrons. The maximum absolute atomic E-state index is 12.1. The number of rotatable bonds is 5. The van der Waals surface area contributed by atoms with Gasteiger partial charge in [-0.3, -0.25) is 4.79 Å². The van der Waals surface area contributed by atoms with E-state index >= 15 is 0 Å². The number of hydrogen-bond acceptors (Lipinski definition) is 2. The first kappa shape index (κ1) is 15.2. The molecule has 1 unspecified atom stereocenters. The number of aryl methyl sites for hydroxylation is 1. The van der Waals surface area contributed by atoms with Gasteiger partial charge in [-0.25, -0.2) is 0 Å². The molecule has 0 aliphatic rings. The summed E-state index contributed by atoms with van der Waals surface area (Å²) in [5, 5.41) is 12.0. The van der Waals surface area contributed by atoms with Gasteiger partial charge in [0.25, 0.3) is 5.91 Å². The summed E-state index contributed by atoms with van der Waals surface area (Å²) in [5.41, 5.74) is 1.69. The summed E-state index contributed by atoms with van der Waals surface area (Å²) in [5.74, 6) is 0.218. The minimum atomic E-state index is -0.0854. The molecule has 0 aromatic heterocycles. The van der Waals surface area contributed by atoms with Crippen molar-refractivity contribution in [2.24, 2.45) is 5.92 Å². The zero-order valence-corrected chi connectivity index (χ0v) is 12.6. The normalized spacial score (nSPS) is 12.6. The van der Waals surface area contributed by atoms with Gasteiger partial charge in [-0.2, -0.15) is 0 Å². The van der Waals surface area contributed by atoms with Gasteiger partial charge in [0.1, 0.15) is 0 Å². The molecule has 0 bridgehead atoms. The topological polar surface area (TPSA) is 49.3 Å². The summed E-state index contributed by atoms with van der Waals surface area (Å²) in [7, 11) is 0. The molecule has 0 saturated carbocycles. The maximum atomic E-state index is 12.1. The number of hydrogen-bond donors (Lipinski definition) is 2. The Morgan fingerprint density at radius 3 is 2.61 bits per heavy atom. The van der Waals surface area contributed by atoms with E-state index in [1.54, 1.807) is 6.07 Å². The second-order valence-electron chi connectivity index (χ2n) is 4.80. The Morgan fingerprint density at radius 2 is 2.11 bits per heavy atom. The summed E-state index contributed by atoms with van der Waals surface area (Å²) in [6, 6.07) is 5.53. The Morgan fingerprint density at radius 1 is 1.44 bits per heavy atom. The van der Waals surface area contributed by atoms with Gasteiger partial charge in [0, 0.05) is 22.7 Å². The highest BCUT2D eigenvalue weighted by Crippen LogP contribution is 2.17. The number of halogens is 1. The van der Waals surface area contributed by atoms with Crippen molar-refractivity contribution in [1.29, 1.82) is 0 Å². The van der Waals surface area contributed by atoms with Gasteiger partial charge in [0.2, 0.25) is 0 Å². The van der Waals surface area contributed by atoms with Crippen LogP contribution in [0.3, 0.4) is 0 Å². The predicted molar refractivity (Wildman–Crippen MR) is 76.7 cm³/mol. The third kappa shape index (κ3) is 4.10. The van der Waals surface area contributed by atoms with Crippen molar-refractivity contribution in [2.75, 3.05) is 6.61 Å². The van der Waals surface area contributed by atoms with Crippen LogP contribution in [0.25, 0.3) is 0 Å². The molecule has 1 aromatic rings. The number of carbonyl (C=O) groups is 1. The molecule has 2 N–H and O–H groups in total. The summed E-state index contributed by atoms with van der Waals surface area (Å²) in [6.07, 6.45) is 0.582. The van der Waals surface area contributed by atoms with Crippen LogP contribution in [0, 0.1) is 12.8 Å². The molecular formula is C14H20BrNO2. The molecule has 1 atom stereocenters. The van der Waals surface area contributed by atoms with Crippen molar-refractivity contribution in [3.05, 3.63) is 33.8 Å². The van der Waals surface area contributed by atoms with Crippen molar-refractivity contribution in [3.8, 4) is 0 Å². The Labute approximate surface area is 117 Å². The third-order valence-corrected chi connectivity index (χ3v) is 3.87. The molecule has 1 aromatic carbocycles. The third-order valence-electron chi connectivity index (χ3n) is 2.98. The van der Waals surface area contributed by atoms with Gasteiger partial charge >= 0.3 is 0 Å².